The molecule has 82 valence electrons. The Bertz CT molecular complexity index is 393. The molecule has 0 saturated carbocycles. The smallest absolute Gasteiger partial charge is 0.309 e. The number of benzene rings is 1. The van der Waals surface area contributed by atoms with Gasteiger partial charge in [0, 0.05) is 5.56 Å². The van der Waals surface area contributed by atoms with Crippen molar-refractivity contribution in [2.75, 3.05) is 0 Å². The highest BCUT2D eigenvalue weighted by atomic mass is 79.9. The maximum Gasteiger partial charge on any atom is 0.309 e. The molecule has 0 unspecified atom stereocenters. The van der Waals surface area contributed by atoms with Gasteiger partial charge in [-0.25, -0.2) is 8.78 Å². The zero-order valence-electron chi connectivity index (χ0n) is 7.38. The summed E-state index contributed by atoms with van der Waals surface area (Å²) in [6.07, 6.45) is -1.31. The van der Waals surface area contributed by atoms with Crippen molar-refractivity contribution in [3.8, 4) is 5.75 Å². The summed E-state index contributed by atoms with van der Waals surface area (Å²) >= 11 is 2.78. The zero-order chi connectivity index (χ0) is 11.6. The molecule has 15 heavy (non-hydrogen) atoms. The zero-order valence-corrected chi connectivity index (χ0v) is 8.96. The number of carbonyl (C=O) groups is 1. The van der Waals surface area contributed by atoms with E-state index in [1.807, 2.05) is 0 Å². The first-order chi connectivity index (χ1) is 6.84. The van der Waals surface area contributed by atoms with Crippen molar-refractivity contribution in [1.29, 1.82) is 0 Å². The number of carboxylic acids is 1. The van der Waals surface area contributed by atoms with Crippen molar-refractivity contribution in [2.24, 2.45) is 0 Å². The predicted octanol–water partition coefficient (Wildman–Crippen LogP) is 2.72. The first-order valence-electron chi connectivity index (χ1n) is 3.92. The van der Waals surface area contributed by atoms with Crippen LogP contribution in [0.25, 0.3) is 0 Å². The fourth-order valence-corrected chi connectivity index (χ4v) is 1.64. The minimum atomic E-state index is -3.51. The molecular weight excluding hydrogens is 274 g/mol. The molecule has 0 radical (unpaired) electrons. The number of rotatable bonds is 3. The Morgan fingerprint density at radius 1 is 1.47 bits per heavy atom. The van der Waals surface area contributed by atoms with Gasteiger partial charge in [-0.05, 0) is 22.0 Å². The second-order valence-electron chi connectivity index (χ2n) is 2.91. The van der Waals surface area contributed by atoms with Crippen molar-refractivity contribution in [3.05, 3.63) is 28.2 Å². The van der Waals surface area contributed by atoms with Gasteiger partial charge in [-0.15, -0.1) is 0 Å². The molecule has 0 fully saturated rings. The van der Waals surface area contributed by atoms with E-state index in [0.29, 0.717) is 0 Å². The molecule has 1 aromatic rings. The Hall–Kier alpha value is -1.17. The monoisotopic (exact) mass is 280 g/mol. The molecular formula is C9H7BrF2O3. The van der Waals surface area contributed by atoms with Crippen LogP contribution in [0.15, 0.2) is 22.7 Å². The third-order valence-electron chi connectivity index (χ3n) is 1.75. The summed E-state index contributed by atoms with van der Waals surface area (Å²) in [6.45, 7) is 0. The van der Waals surface area contributed by atoms with E-state index in [0.717, 1.165) is 6.07 Å². The van der Waals surface area contributed by atoms with Crippen LogP contribution in [-0.4, -0.2) is 16.2 Å². The minimum absolute atomic E-state index is 0.184. The van der Waals surface area contributed by atoms with Gasteiger partial charge in [0.2, 0.25) is 0 Å². The van der Waals surface area contributed by atoms with E-state index in [2.05, 4.69) is 15.9 Å². The molecule has 0 spiro atoms. The van der Waals surface area contributed by atoms with Crippen molar-refractivity contribution >= 4 is 21.9 Å². The summed E-state index contributed by atoms with van der Waals surface area (Å²) in [5, 5.41) is 17.5. The van der Waals surface area contributed by atoms with E-state index in [1.165, 1.54) is 12.1 Å². The predicted molar refractivity (Wildman–Crippen MR) is 52.0 cm³/mol. The highest BCUT2D eigenvalue weighted by molar-refractivity contribution is 9.10. The van der Waals surface area contributed by atoms with Crippen LogP contribution in [0.4, 0.5) is 8.78 Å². The number of phenolic OH excluding ortho intramolecular Hbond substituents is 1. The van der Waals surface area contributed by atoms with Gasteiger partial charge in [0.05, 0.1) is 4.47 Å². The quantitative estimate of drug-likeness (QED) is 0.895. The van der Waals surface area contributed by atoms with Crippen molar-refractivity contribution in [2.45, 2.75) is 12.3 Å². The second-order valence-corrected chi connectivity index (χ2v) is 3.71. The Labute approximate surface area is 92.5 Å². The first-order valence-corrected chi connectivity index (χ1v) is 4.71. The highest BCUT2D eigenvalue weighted by Crippen LogP contribution is 2.39. The largest absolute Gasteiger partial charge is 0.507 e. The van der Waals surface area contributed by atoms with Crippen LogP contribution >= 0.6 is 15.9 Å². The molecule has 0 heterocycles. The lowest BCUT2D eigenvalue weighted by Crippen LogP contribution is -2.19. The third-order valence-corrected chi connectivity index (χ3v) is 2.58. The molecule has 2 N–H and O–H groups in total. The third kappa shape index (κ3) is 2.65. The van der Waals surface area contributed by atoms with Crippen LogP contribution in [0.1, 0.15) is 12.0 Å². The number of alkyl halides is 2. The van der Waals surface area contributed by atoms with Gasteiger partial charge < -0.3 is 10.2 Å². The summed E-state index contributed by atoms with van der Waals surface area (Å²) in [5.41, 5.74) is -0.537. The number of carboxylic acid groups (broad SMARTS) is 1. The van der Waals surface area contributed by atoms with E-state index >= 15 is 0 Å². The summed E-state index contributed by atoms with van der Waals surface area (Å²) in [7, 11) is 0. The fraction of sp³-hybridized carbons (Fsp3) is 0.222. The van der Waals surface area contributed by atoms with Crippen LogP contribution in [0, 0.1) is 0 Å². The van der Waals surface area contributed by atoms with E-state index in [4.69, 9.17) is 10.2 Å². The van der Waals surface area contributed by atoms with Gasteiger partial charge >= 0.3 is 5.97 Å². The lowest BCUT2D eigenvalue weighted by Gasteiger charge is -2.16. The number of aliphatic carboxylic acids is 1. The maximum atomic E-state index is 13.3. The molecule has 0 bridgehead atoms. The highest BCUT2D eigenvalue weighted by Gasteiger charge is 2.37. The van der Waals surface area contributed by atoms with E-state index in [1.54, 1.807) is 0 Å². The van der Waals surface area contributed by atoms with E-state index in [-0.39, 0.29) is 10.2 Å². The standard InChI is InChI=1S/C9H7BrF2O3/c10-8-5(2-1-3-6(8)13)9(11,12)4-7(14)15/h1-3,13H,4H2,(H,14,15). The molecule has 0 aliphatic heterocycles. The molecule has 0 aliphatic rings. The second kappa shape index (κ2) is 4.14. The topological polar surface area (TPSA) is 57.5 Å². The number of halogens is 3. The number of aromatic hydroxyl groups is 1. The Morgan fingerprint density at radius 3 is 2.60 bits per heavy atom. The van der Waals surface area contributed by atoms with Gasteiger partial charge in [0.25, 0.3) is 5.92 Å². The molecule has 6 heteroatoms. The molecule has 1 aromatic carbocycles. The van der Waals surface area contributed by atoms with Crippen molar-refractivity contribution in [3.63, 3.8) is 0 Å². The summed E-state index contributed by atoms with van der Waals surface area (Å²) in [4.78, 5) is 10.2. The molecule has 3 nitrogen and oxygen atoms in total. The van der Waals surface area contributed by atoms with Gasteiger partial charge in [0.15, 0.2) is 0 Å². The number of hydrogen-bond acceptors (Lipinski definition) is 2. The first kappa shape index (κ1) is 11.9. The van der Waals surface area contributed by atoms with Crippen LogP contribution in [0.2, 0.25) is 0 Å². The van der Waals surface area contributed by atoms with Gasteiger partial charge in [-0.1, -0.05) is 12.1 Å². The van der Waals surface area contributed by atoms with Crippen LogP contribution < -0.4 is 0 Å². The van der Waals surface area contributed by atoms with Crippen molar-refractivity contribution < 1.29 is 23.8 Å². The molecule has 0 saturated heterocycles. The van der Waals surface area contributed by atoms with E-state index < -0.39 is 23.9 Å². The normalized spacial score (nSPS) is 11.4. The molecule has 0 aromatic heterocycles. The van der Waals surface area contributed by atoms with Gasteiger partial charge in [-0.3, -0.25) is 4.79 Å². The van der Waals surface area contributed by atoms with E-state index in [9.17, 15) is 13.6 Å². The average molecular weight is 281 g/mol. The fourth-order valence-electron chi connectivity index (χ4n) is 1.09. The Morgan fingerprint density at radius 2 is 2.07 bits per heavy atom. The SMILES string of the molecule is O=C(O)CC(F)(F)c1cccc(O)c1Br. The minimum Gasteiger partial charge on any atom is -0.507 e. The number of phenols is 1. The summed E-state index contributed by atoms with van der Waals surface area (Å²) in [6, 6.07) is 3.52. The molecule has 0 aliphatic carbocycles. The molecule has 1 rings (SSSR count). The van der Waals surface area contributed by atoms with Gasteiger partial charge in [0.1, 0.15) is 12.2 Å². The Balaban J connectivity index is 3.14. The number of hydrogen-bond donors (Lipinski definition) is 2. The van der Waals surface area contributed by atoms with Crippen LogP contribution in [0.3, 0.4) is 0 Å². The van der Waals surface area contributed by atoms with Crippen molar-refractivity contribution in [1.82, 2.24) is 0 Å². The maximum absolute atomic E-state index is 13.3. The molecule has 0 amide bonds. The van der Waals surface area contributed by atoms with Gasteiger partial charge in [-0.2, -0.15) is 0 Å². The average Bonchev–Trinajstić information content (AvgIpc) is 2.07. The lowest BCUT2D eigenvalue weighted by molar-refractivity contribution is -0.145. The van der Waals surface area contributed by atoms with Crippen LogP contribution in [0.5, 0.6) is 5.75 Å². The van der Waals surface area contributed by atoms with Crippen LogP contribution in [-0.2, 0) is 10.7 Å². The Kier molecular flexibility index (Phi) is 3.28. The summed E-state index contributed by atoms with van der Waals surface area (Å²) < 4.78 is 26.5. The molecule has 0 atom stereocenters. The summed E-state index contributed by atoms with van der Waals surface area (Å²) in [5.74, 6) is -5.46. The lowest BCUT2D eigenvalue weighted by atomic mass is 10.1.